The molecule has 0 saturated heterocycles. The van der Waals surface area contributed by atoms with E-state index >= 15 is 0 Å². The summed E-state index contributed by atoms with van der Waals surface area (Å²) in [4.78, 5) is 1.23. The Morgan fingerprint density at radius 2 is 1.88 bits per heavy atom. The van der Waals surface area contributed by atoms with Gasteiger partial charge >= 0.3 is 0 Å². The summed E-state index contributed by atoms with van der Waals surface area (Å²) in [7, 11) is 0. The number of thioether (sulfide) groups is 1. The smallest absolute Gasteiger partial charge is 0.123 e. The predicted octanol–water partition coefficient (Wildman–Crippen LogP) is 6.18. The van der Waals surface area contributed by atoms with Crippen LogP contribution < -0.4 is 0 Å². The van der Waals surface area contributed by atoms with Crippen molar-refractivity contribution in [2.45, 2.75) is 24.7 Å². The van der Waals surface area contributed by atoms with Gasteiger partial charge in [0.25, 0.3) is 0 Å². The third-order valence-electron chi connectivity index (χ3n) is 4.37. The van der Waals surface area contributed by atoms with Crippen LogP contribution in [0.3, 0.4) is 0 Å². The zero-order chi connectivity index (χ0) is 17.1. The van der Waals surface area contributed by atoms with Gasteiger partial charge in [-0.3, -0.25) is 0 Å². The van der Waals surface area contributed by atoms with Gasteiger partial charge in [0.15, 0.2) is 0 Å². The Hall–Kier alpha value is -2.31. The molecule has 1 aliphatic rings. The number of hydrogen-bond acceptors (Lipinski definition) is 2. The first kappa shape index (κ1) is 16.5. The molecule has 0 bridgehead atoms. The van der Waals surface area contributed by atoms with Crippen LogP contribution in [-0.4, -0.2) is 6.26 Å². The van der Waals surface area contributed by atoms with Crippen molar-refractivity contribution in [2.75, 3.05) is 6.26 Å². The molecule has 0 radical (unpaired) electrons. The number of benzene rings is 2. The summed E-state index contributed by atoms with van der Waals surface area (Å²) in [6.07, 6.45) is 5.30. The molecule has 2 aromatic carbocycles. The van der Waals surface area contributed by atoms with Crippen molar-refractivity contribution >= 4 is 29.0 Å². The van der Waals surface area contributed by atoms with Gasteiger partial charge < -0.3 is 0 Å². The van der Waals surface area contributed by atoms with Gasteiger partial charge in [-0.2, -0.15) is 5.26 Å². The van der Waals surface area contributed by atoms with E-state index in [0.29, 0.717) is 12.8 Å². The predicted molar refractivity (Wildman–Crippen MR) is 99.9 cm³/mol. The van der Waals surface area contributed by atoms with E-state index in [9.17, 15) is 4.39 Å². The van der Waals surface area contributed by atoms with Crippen LogP contribution in [0.2, 0.25) is 0 Å². The molecule has 0 atom stereocenters. The molecule has 2 aromatic rings. The molecule has 0 saturated carbocycles. The normalized spacial score (nSPS) is 14.8. The minimum absolute atomic E-state index is 0.235. The van der Waals surface area contributed by atoms with Gasteiger partial charge in [0.05, 0.1) is 6.07 Å². The quantitative estimate of drug-likeness (QED) is 0.623. The Labute approximate surface area is 146 Å². The third-order valence-corrected chi connectivity index (χ3v) is 5.11. The van der Waals surface area contributed by atoms with Crippen LogP contribution in [0, 0.1) is 17.1 Å². The minimum atomic E-state index is -0.235. The number of rotatable bonds is 4. The van der Waals surface area contributed by atoms with Crippen molar-refractivity contribution in [3.63, 3.8) is 0 Å². The van der Waals surface area contributed by atoms with Crippen LogP contribution in [-0.2, 0) is 0 Å². The first-order chi connectivity index (χ1) is 11.6. The van der Waals surface area contributed by atoms with Crippen LogP contribution in [0.25, 0.3) is 17.2 Å². The molecule has 1 nitrogen and oxygen atoms in total. The zero-order valence-electron chi connectivity index (χ0n) is 13.8. The highest BCUT2D eigenvalue weighted by Gasteiger charge is 2.23. The molecule has 3 heteroatoms. The van der Waals surface area contributed by atoms with Crippen LogP contribution >= 0.6 is 11.8 Å². The van der Waals surface area contributed by atoms with Crippen molar-refractivity contribution in [1.29, 1.82) is 5.26 Å². The Bertz CT molecular complexity index is 870. The molecule has 1 aliphatic carbocycles. The van der Waals surface area contributed by atoms with Crippen LogP contribution in [0.5, 0.6) is 0 Å². The first-order valence-electron chi connectivity index (χ1n) is 7.87. The number of halogens is 1. The summed E-state index contributed by atoms with van der Waals surface area (Å²) in [6, 6.07) is 15.5. The van der Waals surface area contributed by atoms with E-state index in [2.05, 4.69) is 49.6 Å². The lowest BCUT2D eigenvalue weighted by Crippen LogP contribution is -1.87. The molecule has 0 amide bonds. The summed E-state index contributed by atoms with van der Waals surface area (Å²) in [5, 5.41) is 8.90. The van der Waals surface area contributed by atoms with E-state index in [1.54, 1.807) is 17.8 Å². The van der Waals surface area contributed by atoms with Gasteiger partial charge in [-0.15, -0.1) is 11.8 Å². The van der Waals surface area contributed by atoms with E-state index in [1.807, 2.05) is 6.07 Å². The van der Waals surface area contributed by atoms with Crippen molar-refractivity contribution in [3.8, 4) is 6.07 Å². The molecule has 0 fully saturated rings. The highest BCUT2D eigenvalue weighted by Crippen LogP contribution is 2.44. The lowest BCUT2D eigenvalue weighted by atomic mass is 10.0. The lowest BCUT2D eigenvalue weighted by Gasteiger charge is -2.05. The van der Waals surface area contributed by atoms with E-state index in [4.69, 9.17) is 5.26 Å². The van der Waals surface area contributed by atoms with Crippen LogP contribution in [0.4, 0.5) is 4.39 Å². The van der Waals surface area contributed by atoms with Gasteiger partial charge in [0, 0.05) is 11.3 Å². The second-order valence-electron chi connectivity index (χ2n) is 5.78. The molecule has 0 aromatic heterocycles. The number of fused-ring (bicyclic) bond motifs is 1. The molecule has 0 spiro atoms. The average molecular weight is 335 g/mol. The fourth-order valence-electron chi connectivity index (χ4n) is 3.12. The van der Waals surface area contributed by atoms with Gasteiger partial charge in [-0.1, -0.05) is 18.2 Å². The fourth-order valence-corrected chi connectivity index (χ4v) is 3.53. The first-order valence-corrected chi connectivity index (χ1v) is 9.09. The summed E-state index contributed by atoms with van der Waals surface area (Å²) in [5.74, 6) is -0.235. The largest absolute Gasteiger partial charge is 0.207 e. The SMILES string of the molecule is CSc1ccc(C=C2C(C)=C(CCC#N)c3cc(F)ccc32)cc1. The Morgan fingerprint density at radius 1 is 1.12 bits per heavy atom. The lowest BCUT2D eigenvalue weighted by molar-refractivity contribution is 0.627. The Balaban J connectivity index is 2.08. The van der Waals surface area contributed by atoms with Crippen molar-refractivity contribution in [2.24, 2.45) is 0 Å². The summed E-state index contributed by atoms with van der Waals surface area (Å²) >= 11 is 1.72. The minimum Gasteiger partial charge on any atom is -0.207 e. The van der Waals surface area contributed by atoms with Gasteiger partial charge in [0.1, 0.15) is 5.82 Å². The number of allylic oxidation sites excluding steroid dienone is 3. The van der Waals surface area contributed by atoms with E-state index in [1.165, 1.54) is 11.0 Å². The van der Waals surface area contributed by atoms with Crippen LogP contribution in [0.15, 0.2) is 52.9 Å². The van der Waals surface area contributed by atoms with Gasteiger partial charge in [-0.05, 0) is 83.4 Å². The number of nitriles is 1. The van der Waals surface area contributed by atoms with Crippen LogP contribution in [0.1, 0.15) is 36.5 Å². The standard InChI is InChI=1S/C21H18FNS/c1-14-18(4-3-11-23)21-13-16(22)7-10-19(21)20(14)12-15-5-8-17(24-2)9-6-15/h5-10,12-13H,3-4H2,1-2H3. The second-order valence-corrected chi connectivity index (χ2v) is 6.66. The molecule has 24 heavy (non-hydrogen) atoms. The van der Waals surface area contributed by atoms with E-state index in [0.717, 1.165) is 33.4 Å². The highest BCUT2D eigenvalue weighted by molar-refractivity contribution is 7.98. The van der Waals surface area contributed by atoms with Crippen molar-refractivity contribution in [3.05, 3.63) is 70.5 Å². The molecule has 0 heterocycles. The maximum atomic E-state index is 13.7. The topological polar surface area (TPSA) is 23.8 Å². The Kier molecular flexibility index (Phi) is 4.87. The van der Waals surface area contributed by atoms with E-state index < -0.39 is 0 Å². The van der Waals surface area contributed by atoms with Gasteiger partial charge in [0.2, 0.25) is 0 Å². The molecular weight excluding hydrogens is 317 g/mol. The monoisotopic (exact) mass is 335 g/mol. The maximum Gasteiger partial charge on any atom is 0.123 e. The number of nitrogens with zero attached hydrogens (tertiary/aromatic N) is 1. The third kappa shape index (κ3) is 3.16. The molecule has 120 valence electrons. The summed E-state index contributed by atoms with van der Waals surface area (Å²) in [6.45, 7) is 2.06. The van der Waals surface area contributed by atoms with E-state index in [-0.39, 0.29) is 5.82 Å². The molecule has 3 rings (SSSR count). The van der Waals surface area contributed by atoms with Crippen molar-refractivity contribution < 1.29 is 4.39 Å². The highest BCUT2D eigenvalue weighted by atomic mass is 32.2. The summed E-state index contributed by atoms with van der Waals surface area (Å²) < 4.78 is 13.7. The molecular formula is C21H18FNS. The zero-order valence-corrected chi connectivity index (χ0v) is 14.6. The van der Waals surface area contributed by atoms with Crippen molar-refractivity contribution in [1.82, 2.24) is 0 Å². The molecule has 0 aliphatic heterocycles. The Morgan fingerprint density at radius 3 is 2.54 bits per heavy atom. The number of hydrogen-bond donors (Lipinski definition) is 0. The van der Waals surface area contributed by atoms with Gasteiger partial charge in [-0.25, -0.2) is 4.39 Å². The average Bonchev–Trinajstić information content (AvgIpc) is 2.85. The summed E-state index contributed by atoms with van der Waals surface area (Å²) in [5.41, 5.74) is 6.44. The maximum absolute atomic E-state index is 13.7. The fraction of sp³-hybridized carbons (Fsp3) is 0.190. The molecule has 0 N–H and O–H groups in total. The second kappa shape index (κ2) is 7.07. The molecule has 0 unspecified atom stereocenters.